The molecule has 0 aliphatic heterocycles. The molecule has 132 valence electrons. The number of amides is 1. The van der Waals surface area contributed by atoms with Crippen molar-refractivity contribution in [2.24, 2.45) is 0 Å². The van der Waals surface area contributed by atoms with Crippen LogP contribution < -0.4 is 5.32 Å². The second kappa shape index (κ2) is 7.33. The van der Waals surface area contributed by atoms with Crippen molar-refractivity contribution in [3.8, 4) is 11.3 Å². The highest BCUT2D eigenvalue weighted by molar-refractivity contribution is 9.10. The third kappa shape index (κ3) is 3.76. The van der Waals surface area contributed by atoms with E-state index in [1.54, 1.807) is 0 Å². The zero-order chi connectivity index (χ0) is 18.8. The average molecular weight is 417 g/mol. The Morgan fingerprint density at radius 3 is 2.52 bits per heavy atom. The predicted octanol–water partition coefficient (Wildman–Crippen LogP) is 6.23. The summed E-state index contributed by atoms with van der Waals surface area (Å²) in [6.07, 6.45) is 0. The van der Waals surface area contributed by atoms with E-state index in [9.17, 15) is 4.79 Å². The number of hydrogen-bond donors (Lipinski definition) is 1. The molecule has 0 fully saturated rings. The lowest BCUT2D eigenvalue weighted by Crippen LogP contribution is -2.13. The maximum absolute atomic E-state index is 13.1. The first-order chi connectivity index (χ1) is 13.1. The lowest BCUT2D eigenvalue weighted by molar-refractivity contribution is 0.102. The topological polar surface area (TPSA) is 42.0 Å². The van der Waals surface area contributed by atoms with E-state index in [4.69, 9.17) is 4.98 Å². The van der Waals surface area contributed by atoms with Crippen molar-refractivity contribution in [3.63, 3.8) is 0 Å². The van der Waals surface area contributed by atoms with Gasteiger partial charge in [-0.2, -0.15) is 0 Å². The van der Waals surface area contributed by atoms with Gasteiger partial charge in [0.2, 0.25) is 0 Å². The van der Waals surface area contributed by atoms with Crippen molar-refractivity contribution >= 4 is 38.4 Å². The van der Waals surface area contributed by atoms with Crippen molar-refractivity contribution < 1.29 is 4.79 Å². The molecule has 1 amide bonds. The monoisotopic (exact) mass is 416 g/mol. The van der Waals surface area contributed by atoms with Crippen LogP contribution in [-0.4, -0.2) is 10.9 Å². The number of hydrogen-bond acceptors (Lipinski definition) is 2. The first kappa shape index (κ1) is 17.4. The van der Waals surface area contributed by atoms with Crippen molar-refractivity contribution in [1.29, 1.82) is 0 Å². The van der Waals surface area contributed by atoms with Crippen LogP contribution in [0.5, 0.6) is 0 Å². The maximum Gasteiger partial charge on any atom is 0.256 e. The molecule has 4 rings (SSSR count). The summed E-state index contributed by atoms with van der Waals surface area (Å²) in [5.41, 5.74) is 5.02. The Bertz CT molecular complexity index is 1140. The van der Waals surface area contributed by atoms with E-state index in [0.717, 1.165) is 37.9 Å². The molecule has 27 heavy (non-hydrogen) atoms. The standard InChI is InChI=1S/C23H17BrN2O/c1-15-10-11-21-19(12-15)20(14-22(26-21)16-6-3-2-4-7-16)23(27)25-18-9-5-8-17(24)13-18/h2-14H,1H3,(H,25,27). The Kier molecular flexibility index (Phi) is 4.73. The molecule has 1 heterocycles. The Hall–Kier alpha value is -2.98. The van der Waals surface area contributed by atoms with Crippen LogP contribution in [0.1, 0.15) is 15.9 Å². The minimum Gasteiger partial charge on any atom is -0.322 e. The molecule has 0 unspecified atom stereocenters. The number of nitrogens with zero attached hydrogens (tertiary/aromatic N) is 1. The van der Waals surface area contributed by atoms with Crippen LogP contribution in [-0.2, 0) is 0 Å². The fourth-order valence-corrected chi connectivity index (χ4v) is 3.45. The number of nitrogens with one attached hydrogen (secondary N) is 1. The molecule has 0 bridgehead atoms. The molecular formula is C23H17BrN2O. The van der Waals surface area contributed by atoms with Crippen molar-refractivity contribution in [2.45, 2.75) is 6.92 Å². The zero-order valence-corrected chi connectivity index (χ0v) is 16.3. The molecule has 0 spiro atoms. The number of fused-ring (bicyclic) bond motifs is 1. The van der Waals surface area contributed by atoms with Gasteiger partial charge in [0.15, 0.2) is 0 Å². The van der Waals surface area contributed by atoms with Crippen LogP contribution in [0.3, 0.4) is 0 Å². The summed E-state index contributed by atoms with van der Waals surface area (Å²) in [5.74, 6) is -0.150. The van der Waals surface area contributed by atoms with Gasteiger partial charge in [-0.15, -0.1) is 0 Å². The van der Waals surface area contributed by atoms with Gasteiger partial charge in [0, 0.05) is 21.1 Å². The molecule has 3 nitrogen and oxygen atoms in total. The van der Waals surface area contributed by atoms with E-state index in [0.29, 0.717) is 5.56 Å². The molecular weight excluding hydrogens is 400 g/mol. The van der Waals surface area contributed by atoms with E-state index >= 15 is 0 Å². The maximum atomic E-state index is 13.1. The number of benzene rings is 3. The fourth-order valence-electron chi connectivity index (χ4n) is 3.05. The SMILES string of the molecule is Cc1ccc2nc(-c3ccccc3)cc(C(=O)Nc3cccc(Br)c3)c2c1. The smallest absolute Gasteiger partial charge is 0.256 e. The summed E-state index contributed by atoms with van der Waals surface area (Å²) in [6, 6.07) is 25.3. The molecule has 1 aromatic heterocycles. The van der Waals surface area contributed by atoms with E-state index in [1.165, 1.54) is 0 Å². The van der Waals surface area contributed by atoms with E-state index in [1.807, 2.05) is 85.8 Å². The van der Waals surface area contributed by atoms with Gasteiger partial charge in [-0.25, -0.2) is 4.98 Å². The number of carbonyl (C=O) groups excluding carboxylic acids is 1. The third-order valence-electron chi connectivity index (χ3n) is 4.36. The number of aryl methyl sites for hydroxylation is 1. The zero-order valence-electron chi connectivity index (χ0n) is 14.7. The second-order valence-electron chi connectivity index (χ2n) is 6.41. The number of anilines is 1. The summed E-state index contributed by atoms with van der Waals surface area (Å²) in [5, 5.41) is 3.84. The van der Waals surface area contributed by atoms with Gasteiger partial charge in [0.1, 0.15) is 0 Å². The van der Waals surface area contributed by atoms with Crippen molar-refractivity contribution in [3.05, 3.63) is 94.5 Å². The molecule has 0 aliphatic carbocycles. The minimum atomic E-state index is -0.150. The largest absolute Gasteiger partial charge is 0.322 e. The summed E-state index contributed by atoms with van der Waals surface area (Å²) in [6.45, 7) is 2.01. The predicted molar refractivity (Wildman–Crippen MR) is 114 cm³/mol. The molecule has 0 aliphatic rings. The Morgan fingerprint density at radius 1 is 0.926 bits per heavy atom. The number of aromatic nitrogens is 1. The van der Waals surface area contributed by atoms with Gasteiger partial charge >= 0.3 is 0 Å². The van der Waals surface area contributed by atoms with Crippen LogP contribution in [0.4, 0.5) is 5.69 Å². The number of rotatable bonds is 3. The highest BCUT2D eigenvalue weighted by Gasteiger charge is 2.14. The average Bonchev–Trinajstić information content (AvgIpc) is 2.68. The normalized spacial score (nSPS) is 10.7. The summed E-state index contributed by atoms with van der Waals surface area (Å²) < 4.78 is 0.917. The molecule has 0 atom stereocenters. The lowest BCUT2D eigenvalue weighted by atomic mass is 10.0. The number of carbonyl (C=O) groups is 1. The lowest BCUT2D eigenvalue weighted by Gasteiger charge is -2.11. The third-order valence-corrected chi connectivity index (χ3v) is 4.85. The highest BCUT2D eigenvalue weighted by Crippen LogP contribution is 2.27. The molecule has 0 radical (unpaired) electrons. The van der Waals surface area contributed by atoms with Gasteiger partial charge in [0.25, 0.3) is 5.91 Å². The van der Waals surface area contributed by atoms with Gasteiger partial charge in [-0.05, 0) is 43.3 Å². The Balaban J connectivity index is 1.84. The minimum absolute atomic E-state index is 0.150. The van der Waals surface area contributed by atoms with Crippen LogP contribution in [0.15, 0.2) is 83.3 Å². The molecule has 3 aromatic carbocycles. The summed E-state index contributed by atoms with van der Waals surface area (Å²) >= 11 is 3.44. The summed E-state index contributed by atoms with van der Waals surface area (Å²) in [7, 11) is 0. The first-order valence-electron chi connectivity index (χ1n) is 8.64. The fraction of sp³-hybridized carbons (Fsp3) is 0.0435. The van der Waals surface area contributed by atoms with Gasteiger partial charge in [-0.3, -0.25) is 4.79 Å². The molecule has 0 saturated carbocycles. The van der Waals surface area contributed by atoms with Crippen LogP contribution >= 0.6 is 15.9 Å². The quantitative estimate of drug-likeness (QED) is 0.430. The Labute approximate surface area is 166 Å². The first-order valence-corrected chi connectivity index (χ1v) is 9.43. The van der Waals surface area contributed by atoms with E-state index in [-0.39, 0.29) is 5.91 Å². The van der Waals surface area contributed by atoms with Crippen LogP contribution in [0.25, 0.3) is 22.2 Å². The second-order valence-corrected chi connectivity index (χ2v) is 7.32. The van der Waals surface area contributed by atoms with E-state index < -0.39 is 0 Å². The van der Waals surface area contributed by atoms with Crippen LogP contribution in [0.2, 0.25) is 0 Å². The van der Waals surface area contributed by atoms with Gasteiger partial charge in [0.05, 0.1) is 16.8 Å². The summed E-state index contributed by atoms with van der Waals surface area (Å²) in [4.78, 5) is 17.8. The van der Waals surface area contributed by atoms with Gasteiger partial charge in [-0.1, -0.05) is 64.0 Å². The molecule has 4 heteroatoms. The molecule has 1 N–H and O–H groups in total. The van der Waals surface area contributed by atoms with E-state index in [2.05, 4.69) is 21.2 Å². The van der Waals surface area contributed by atoms with Crippen molar-refractivity contribution in [2.75, 3.05) is 5.32 Å². The van der Waals surface area contributed by atoms with Crippen molar-refractivity contribution in [1.82, 2.24) is 4.98 Å². The van der Waals surface area contributed by atoms with Crippen LogP contribution in [0, 0.1) is 6.92 Å². The molecule has 0 saturated heterocycles. The number of pyridine rings is 1. The molecule has 4 aromatic rings. The van der Waals surface area contributed by atoms with Gasteiger partial charge < -0.3 is 5.32 Å². The Morgan fingerprint density at radius 2 is 1.74 bits per heavy atom. The highest BCUT2D eigenvalue weighted by atomic mass is 79.9. The number of halogens is 1.